The first-order chi connectivity index (χ1) is 4.00. The van der Waals surface area contributed by atoms with Crippen LogP contribution in [0.3, 0.4) is 0 Å². The molecule has 0 N–H and O–H groups in total. The van der Waals surface area contributed by atoms with E-state index >= 15 is 0 Å². The molecule has 1 aliphatic carbocycles. The van der Waals surface area contributed by atoms with Gasteiger partial charge < -0.3 is 0 Å². The zero-order chi connectivity index (χ0) is 5.66. The smallest absolute Gasteiger partial charge is 0.0351 e. The second-order valence-electron chi connectivity index (χ2n) is 2.46. The highest BCUT2D eigenvalue weighted by molar-refractivity contribution is 8.93. The number of hydrogen-bond donors (Lipinski definition) is 0. The van der Waals surface area contributed by atoms with Crippen LogP contribution in [0.4, 0.5) is 0 Å². The molecule has 0 aromatic rings. The van der Waals surface area contributed by atoms with Crippen molar-refractivity contribution < 1.29 is 0 Å². The van der Waals surface area contributed by atoms with Gasteiger partial charge in [0, 0.05) is 0 Å². The minimum Gasteiger partial charge on any atom is -0.114 e. The second kappa shape index (κ2) is 6.34. The molecular formula is C8H15Br. The van der Waals surface area contributed by atoms with E-state index in [9.17, 15) is 0 Å². The zero-order valence-corrected chi connectivity index (χ0v) is 7.52. The Bertz CT molecular complexity index is 66.6. The van der Waals surface area contributed by atoms with Gasteiger partial charge in [0.15, 0.2) is 0 Å². The Labute approximate surface area is 68.1 Å². The largest absolute Gasteiger partial charge is 0.114 e. The van der Waals surface area contributed by atoms with Crippen molar-refractivity contribution >= 4 is 17.0 Å². The molecule has 0 heterocycles. The molecule has 0 saturated carbocycles. The second-order valence-corrected chi connectivity index (χ2v) is 2.46. The molecule has 0 bridgehead atoms. The summed E-state index contributed by atoms with van der Waals surface area (Å²) in [6.07, 6.45) is 13.0. The Morgan fingerprint density at radius 2 is 1.11 bits per heavy atom. The van der Waals surface area contributed by atoms with Crippen molar-refractivity contribution in [2.24, 2.45) is 0 Å². The van der Waals surface area contributed by atoms with E-state index in [-0.39, 0.29) is 17.0 Å². The Morgan fingerprint density at radius 3 is 1.56 bits per heavy atom. The summed E-state index contributed by atoms with van der Waals surface area (Å²) in [5.41, 5.74) is 0. The van der Waals surface area contributed by atoms with Gasteiger partial charge in [-0.05, 0) is 25.7 Å². The Balaban J connectivity index is 0.000000640. The van der Waals surface area contributed by atoms with Crippen LogP contribution in [0.5, 0.6) is 0 Å². The van der Waals surface area contributed by atoms with Gasteiger partial charge in [-0.25, -0.2) is 0 Å². The fourth-order valence-electron chi connectivity index (χ4n) is 1.11. The van der Waals surface area contributed by atoms with E-state index in [1.165, 1.54) is 38.5 Å². The van der Waals surface area contributed by atoms with Gasteiger partial charge in [0.25, 0.3) is 0 Å². The van der Waals surface area contributed by atoms with Crippen LogP contribution >= 0.6 is 17.0 Å². The first-order valence-electron chi connectivity index (χ1n) is 3.65. The van der Waals surface area contributed by atoms with Gasteiger partial charge in [-0.1, -0.05) is 25.0 Å². The predicted octanol–water partition coefficient (Wildman–Crippen LogP) is 3.47. The number of rotatable bonds is 0. The van der Waals surface area contributed by atoms with E-state index in [0.29, 0.717) is 0 Å². The van der Waals surface area contributed by atoms with Crippen LogP contribution < -0.4 is 0 Å². The first kappa shape index (κ1) is 9.22. The van der Waals surface area contributed by atoms with Crippen molar-refractivity contribution in [2.75, 3.05) is 0 Å². The minimum atomic E-state index is 0. The highest BCUT2D eigenvalue weighted by Gasteiger charge is 1.89. The summed E-state index contributed by atoms with van der Waals surface area (Å²) in [6.45, 7) is 0. The zero-order valence-electron chi connectivity index (χ0n) is 5.81. The average Bonchev–Trinajstić information content (AvgIpc) is 1.62. The molecule has 0 aromatic heterocycles. The van der Waals surface area contributed by atoms with Crippen molar-refractivity contribution in [3.05, 3.63) is 12.2 Å². The van der Waals surface area contributed by atoms with Crippen LogP contribution in [0.15, 0.2) is 12.2 Å². The lowest BCUT2D eigenvalue weighted by molar-refractivity contribution is 0.638. The molecule has 0 aliphatic heterocycles. The van der Waals surface area contributed by atoms with E-state index in [1.807, 2.05) is 0 Å². The van der Waals surface area contributed by atoms with Crippen LogP contribution in [0, 0.1) is 0 Å². The fraction of sp³-hybridized carbons (Fsp3) is 0.750. The summed E-state index contributed by atoms with van der Waals surface area (Å²) >= 11 is 0. The highest BCUT2D eigenvalue weighted by Crippen LogP contribution is 2.09. The molecule has 0 fully saturated rings. The maximum Gasteiger partial charge on any atom is -0.0351 e. The average molecular weight is 191 g/mol. The summed E-state index contributed by atoms with van der Waals surface area (Å²) < 4.78 is 0. The molecule has 9 heavy (non-hydrogen) atoms. The molecule has 0 saturated heterocycles. The molecule has 0 unspecified atom stereocenters. The third-order valence-corrected chi connectivity index (χ3v) is 1.66. The summed E-state index contributed by atoms with van der Waals surface area (Å²) in [5, 5.41) is 0. The molecule has 54 valence electrons. The van der Waals surface area contributed by atoms with Crippen LogP contribution in [0.1, 0.15) is 38.5 Å². The maximum absolute atomic E-state index is 2.32. The summed E-state index contributed by atoms with van der Waals surface area (Å²) in [6, 6.07) is 0. The quantitative estimate of drug-likeness (QED) is 0.514. The van der Waals surface area contributed by atoms with Gasteiger partial charge in [-0.3, -0.25) is 0 Å². The lowest BCUT2D eigenvalue weighted by Gasteiger charge is -2.00. The molecule has 0 atom stereocenters. The van der Waals surface area contributed by atoms with Crippen molar-refractivity contribution in [1.82, 2.24) is 0 Å². The van der Waals surface area contributed by atoms with E-state index in [0.717, 1.165) is 0 Å². The lowest BCUT2D eigenvalue weighted by atomic mass is 10.1. The van der Waals surface area contributed by atoms with Gasteiger partial charge in [-0.2, -0.15) is 0 Å². The SMILES string of the molecule is Br.C1=CCCCCCC1. The maximum atomic E-state index is 2.32. The Hall–Kier alpha value is 0.220. The van der Waals surface area contributed by atoms with Crippen LogP contribution in [0.25, 0.3) is 0 Å². The molecule has 1 aliphatic rings. The molecule has 0 spiro atoms. The van der Waals surface area contributed by atoms with Gasteiger partial charge in [0.1, 0.15) is 0 Å². The molecule has 1 rings (SSSR count). The molecule has 0 aromatic carbocycles. The highest BCUT2D eigenvalue weighted by atomic mass is 79.9. The van der Waals surface area contributed by atoms with E-state index in [4.69, 9.17) is 0 Å². The van der Waals surface area contributed by atoms with Gasteiger partial charge >= 0.3 is 0 Å². The Morgan fingerprint density at radius 1 is 0.667 bits per heavy atom. The predicted molar refractivity (Wildman–Crippen MR) is 47.2 cm³/mol. The topological polar surface area (TPSA) is 0 Å². The van der Waals surface area contributed by atoms with Crippen molar-refractivity contribution in [1.29, 1.82) is 0 Å². The summed E-state index contributed by atoms with van der Waals surface area (Å²) in [5.74, 6) is 0. The van der Waals surface area contributed by atoms with Crippen molar-refractivity contribution in [2.45, 2.75) is 38.5 Å². The summed E-state index contributed by atoms with van der Waals surface area (Å²) in [4.78, 5) is 0. The van der Waals surface area contributed by atoms with Crippen molar-refractivity contribution in [3.63, 3.8) is 0 Å². The first-order valence-corrected chi connectivity index (χ1v) is 3.65. The van der Waals surface area contributed by atoms with E-state index in [2.05, 4.69) is 12.2 Å². The van der Waals surface area contributed by atoms with Gasteiger partial charge in [0.05, 0.1) is 0 Å². The molecule has 0 nitrogen and oxygen atoms in total. The van der Waals surface area contributed by atoms with E-state index in [1.54, 1.807) is 0 Å². The molecule has 1 heteroatoms. The lowest BCUT2D eigenvalue weighted by Crippen LogP contribution is -1.80. The minimum absolute atomic E-state index is 0. The molecule has 0 amide bonds. The van der Waals surface area contributed by atoms with Crippen LogP contribution in [-0.2, 0) is 0 Å². The Kier molecular flexibility index (Phi) is 6.50. The molecule has 0 radical (unpaired) electrons. The number of halogens is 1. The number of allylic oxidation sites excluding steroid dienone is 2. The van der Waals surface area contributed by atoms with Gasteiger partial charge in [0.2, 0.25) is 0 Å². The number of hydrogen-bond acceptors (Lipinski definition) is 0. The van der Waals surface area contributed by atoms with Crippen LogP contribution in [-0.4, -0.2) is 0 Å². The van der Waals surface area contributed by atoms with Crippen molar-refractivity contribution in [3.8, 4) is 0 Å². The van der Waals surface area contributed by atoms with Crippen LogP contribution in [0.2, 0.25) is 0 Å². The van der Waals surface area contributed by atoms with Gasteiger partial charge in [-0.15, -0.1) is 17.0 Å². The third-order valence-electron chi connectivity index (χ3n) is 1.66. The standard InChI is InChI=1S/C8H14.BrH/c1-2-4-6-8-7-5-3-1;/h1-2H,3-8H2;1H. The molecular weight excluding hydrogens is 176 g/mol. The normalized spacial score (nSPS) is 19.6. The monoisotopic (exact) mass is 190 g/mol. The summed E-state index contributed by atoms with van der Waals surface area (Å²) in [7, 11) is 0. The fourth-order valence-corrected chi connectivity index (χ4v) is 1.11. The third kappa shape index (κ3) is 4.71. The van der Waals surface area contributed by atoms with E-state index < -0.39 is 0 Å².